The predicted molar refractivity (Wildman–Crippen MR) is 78.0 cm³/mol. The molecule has 2 heterocycles. The molecule has 6 heteroatoms. The minimum absolute atomic E-state index is 0.0682. The summed E-state index contributed by atoms with van der Waals surface area (Å²) in [6.07, 6.45) is 1.66. The van der Waals surface area contributed by atoms with E-state index in [9.17, 15) is 4.79 Å². The van der Waals surface area contributed by atoms with Crippen LogP contribution in [0, 0.1) is 0 Å². The van der Waals surface area contributed by atoms with Crippen molar-refractivity contribution in [2.24, 2.45) is 0 Å². The van der Waals surface area contributed by atoms with E-state index in [2.05, 4.69) is 31.1 Å². The minimum atomic E-state index is -0.0682. The third-order valence-electron chi connectivity index (χ3n) is 2.82. The highest BCUT2D eigenvalue weighted by Gasteiger charge is 2.12. The molecule has 1 aliphatic rings. The van der Waals surface area contributed by atoms with Crippen LogP contribution in [-0.4, -0.2) is 53.5 Å². The highest BCUT2D eigenvalue weighted by atomic mass is 79.9. The van der Waals surface area contributed by atoms with Gasteiger partial charge in [-0.2, -0.15) is 11.8 Å². The van der Waals surface area contributed by atoms with Crippen LogP contribution in [0.25, 0.3) is 0 Å². The maximum atomic E-state index is 11.9. The van der Waals surface area contributed by atoms with Gasteiger partial charge in [-0.05, 0) is 28.1 Å². The van der Waals surface area contributed by atoms with Crippen molar-refractivity contribution in [3.05, 3.63) is 28.5 Å². The topological polar surface area (TPSA) is 45.2 Å². The molecule has 0 saturated carbocycles. The minimum Gasteiger partial charge on any atom is -0.351 e. The molecular weight excluding hydrogens is 314 g/mol. The molecular formula is C12H16BrN3OS. The first-order valence-corrected chi connectivity index (χ1v) is 7.91. The molecule has 1 N–H and O–H groups in total. The molecule has 0 aromatic carbocycles. The summed E-state index contributed by atoms with van der Waals surface area (Å²) in [6, 6.07) is 3.53. The first-order valence-electron chi connectivity index (χ1n) is 5.96. The van der Waals surface area contributed by atoms with E-state index in [4.69, 9.17) is 0 Å². The third-order valence-corrected chi connectivity index (χ3v) is 4.40. The lowest BCUT2D eigenvalue weighted by Gasteiger charge is -2.26. The van der Waals surface area contributed by atoms with E-state index in [1.807, 2.05) is 11.8 Å². The SMILES string of the molecule is O=C(NCCN1CCSCC1)c1cccnc1Br. The molecule has 0 unspecified atom stereocenters. The first-order chi connectivity index (χ1) is 8.77. The number of aromatic nitrogens is 1. The molecule has 1 aliphatic heterocycles. The summed E-state index contributed by atoms with van der Waals surface area (Å²) in [5.74, 6) is 2.32. The Morgan fingerprint density at radius 3 is 3.00 bits per heavy atom. The molecule has 1 amide bonds. The second-order valence-corrected chi connectivity index (χ2v) is 6.03. The van der Waals surface area contributed by atoms with E-state index in [-0.39, 0.29) is 5.91 Å². The number of pyridine rings is 1. The van der Waals surface area contributed by atoms with Gasteiger partial charge in [0.15, 0.2) is 0 Å². The lowest BCUT2D eigenvalue weighted by atomic mass is 10.3. The molecule has 0 bridgehead atoms. The lowest BCUT2D eigenvalue weighted by molar-refractivity contribution is 0.0947. The van der Waals surface area contributed by atoms with E-state index in [1.165, 1.54) is 11.5 Å². The van der Waals surface area contributed by atoms with Crippen LogP contribution >= 0.6 is 27.7 Å². The van der Waals surface area contributed by atoms with E-state index in [0.717, 1.165) is 19.6 Å². The van der Waals surface area contributed by atoms with E-state index in [0.29, 0.717) is 16.7 Å². The standard InChI is InChI=1S/C12H16BrN3OS/c13-11-10(2-1-3-14-11)12(17)15-4-5-16-6-8-18-9-7-16/h1-3H,4-9H2,(H,15,17). The van der Waals surface area contributed by atoms with Crippen molar-refractivity contribution >= 4 is 33.6 Å². The van der Waals surface area contributed by atoms with Crippen LogP contribution in [0.15, 0.2) is 22.9 Å². The van der Waals surface area contributed by atoms with Crippen molar-refractivity contribution in [2.45, 2.75) is 0 Å². The molecule has 1 fully saturated rings. The number of hydrogen-bond acceptors (Lipinski definition) is 4. The summed E-state index contributed by atoms with van der Waals surface area (Å²) < 4.78 is 0.594. The Labute approximate surface area is 120 Å². The van der Waals surface area contributed by atoms with Crippen LogP contribution in [0.5, 0.6) is 0 Å². The molecule has 4 nitrogen and oxygen atoms in total. The van der Waals surface area contributed by atoms with Crippen molar-refractivity contribution in [1.82, 2.24) is 15.2 Å². The highest BCUT2D eigenvalue weighted by Crippen LogP contribution is 2.12. The molecule has 1 saturated heterocycles. The number of nitrogens with zero attached hydrogens (tertiary/aromatic N) is 2. The van der Waals surface area contributed by atoms with Crippen LogP contribution in [0.3, 0.4) is 0 Å². The Balaban J connectivity index is 1.76. The summed E-state index contributed by atoms with van der Waals surface area (Å²) in [5, 5.41) is 2.93. The fourth-order valence-corrected chi connectivity index (χ4v) is 3.21. The van der Waals surface area contributed by atoms with Crippen molar-refractivity contribution < 1.29 is 4.79 Å². The zero-order valence-electron chi connectivity index (χ0n) is 10.1. The Hall–Kier alpha value is -0.590. The average molecular weight is 330 g/mol. The zero-order chi connectivity index (χ0) is 12.8. The Kier molecular flexibility index (Phi) is 5.46. The van der Waals surface area contributed by atoms with Gasteiger partial charge in [-0.15, -0.1) is 0 Å². The maximum Gasteiger partial charge on any atom is 0.254 e. The van der Waals surface area contributed by atoms with Crippen LogP contribution in [-0.2, 0) is 0 Å². The zero-order valence-corrected chi connectivity index (χ0v) is 12.5. The number of rotatable bonds is 4. The number of carbonyl (C=O) groups is 1. The van der Waals surface area contributed by atoms with Crippen molar-refractivity contribution in [1.29, 1.82) is 0 Å². The molecule has 18 heavy (non-hydrogen) atoms. The van der Waals surface area contributed by atoms with Crippen molar-refractivity contribution in [2.75, 3.05) is 37.7 Å². The normalized spacial score (nSPS) is 16.5. The van der Waals surface area contributed by atoms with Gasteiger partial charge in [-0.3, -0.25) is 9.69 Å². The van der Waals surface area contributed by atoms with Crippen molar-refractivity contribution in [3.8, 4) is 0 Å². The van der Waals surface area contributed by atoms with Gasteiger partial charge >= 0.3 is 0 Å². The second-order valence-electron chi connectivity index (χ2n) is 4.05. The molecule has 98 valence electrons. The number of nitrogens with one attached hydrogen (secondary N) is 1. The summed E-state index contributed by atoms with van der Waals surface area (Å²) in [7, 11) is 0. The molecule has 0 atom stereocenters. The Morgan fingerprint density at radius 2 is 2.28 bits per heavy atom. The molecule has 0 radical (unpaired) electrons. The summed E-state index contributed by atoms with van der Waals surface area (Å²) in [5.41, 5.74) is 0.590. The Morgan fingerprint density at radius 1 is 1.50 bits per heavy atom. The number of hydrogen-bond donors (Lipinski definition) is 1. The smallest absolute Gasteiger partial charge is 0.254 e. The number of halogens is 1. The van der Waals surface area contributed by atoms with Gasteiger partial charge in [0.1, 0.15) is 4.60 Å². The fraction of sp³-hybridized carbons (Fsp3) is 0.500. The fourth-order valence-electron chi connectivity index (χ4n) is 1.80. The maximum absolute atomic E-state index is 11.9. The lowest BCUT2D eigenvalue weighted by Crippen LogP contribution is -2.39. The molecule has 1 aromatic rings. The van der Waals surface area contributed by atoms with Gasteiger partial charge in [0.25, 0.3) is 5.91 Å². The number of amides is 1. The molecule has 0 aliphatic carbocycles. The van der Waals surface area contributed by atoms with Crippen molar-refractivity contribution in [3.63, 3.8) is 0 Å². The summed E-state index contributed by atoms with van der Waals surface area (Å²) in [6.45, 7) is 3.85. The average Bonchev–Trinajstić information content (AvgIpc) is 2.40. The van der Waals surface area contributed by atoms with Gasteiger partial charge in [0, 0.05) is 43.9 Å². The summed E-state index contributed by atoms with van der Waals surface area (Å²) >= 11 is 5.27. The number of thioether (sulfide) groups is 1. The monoisotopic (exact) mass is 329 g/mol. The van der Waals surface area contributed by atoms with Gasteiger partial charge in [0.05, 0.1) is 5.56 Å². The van der Waals surface area contributed by atoms with Crippen LogP contribution in [0.4, 0.5) is 0 Å². The quantitative estimate of drug-likeness (QED) is 0.853. The van der Waals surface area contributed by atoms with Gasteiger partial charge < -0.3 is 5.32 Å². The third kappa shape index (κ3) is 3.96. The highest BCUT2D eigenvalue weighted by molar-refractivity contribution is 9.10. The molecule has 2 rings (SSSR count). The Bertz CT molecular complexity index is 410. The second kappa shape index (κ2) is 7.11. The number of carbonyl (C=O) groups excluding carboxylic acids is 1. The first kappa shape index (κ1) is 13.8. The van der Waals surface area contributed by atoms with Gasteiger partial charge in [-0.25, -0.2) is 4.98 Å². The van der Waals surface area contributed by atoms with Crippen LogP contribution in [0.2, 0.25) is 0 Å². The largest absolute Gasteiger partial charge is 0.351 e. The van der Waals surface area contributed by atoms with Crippen LogP contribution < -0.4 is 5.32 Å². The molecule has 0 spiro atoms. The van der Waals surface area contributed by atoms with E-state index < -0.39 is 0 Å². The van der Waals surface area contributed by atoms with E-state index in [1.54, 1.807) is 18.3 Å². The predicted octanol–water partition coefficient (Wildman–Crippen LogP) is 1.62. The summed E-state index contributed by atoms with van der Waals surface area (Å²) in [4.78, 5) is 18.3. The van der Waals surface area contributed by atoms with Gasteiger partial charge in [-0.1, -0.05) is 0 Å². The van der Waals surface area contributed by atoms with Crippen LogP contribution in [0.1, 0.15) is 10.4 Å². The molecule has 1 aromatic heterocycles. The van der Waals surface area contributed by atoms with E-state index >= 15 is 0 Å². The van der Waals surface area contributed by atoms with Gasteiger partial charge in [0.2, 0.25) is 0 Å².